The summed E-state index contributed by atoms with van der Waals surface area (Å²) in [4.78, 5) is 30.7. The number of rotatable bonds is 9. The number of hydrogen-bond acceptors (Lipinski definition) is 3. The number of pyridine rings is 1. The van der Waals surface area contributed by atoms with E-state index in [0.29, 0.717) is 12.5 Å². The molecule has 0 unspecified atom stereocenters. The van der Waals surface area contributed by atoms with Gasteiger partial charge in [0.1, 0.15) is 0 Å². The van der Waals surface area contributed by atoms with Crippen LogP contribution in [-0.4, -0.2) is 41.3 Å². The molecular weight excluding hydrogens is 386 g/mol. The number of carbonyl (C=O) groups excluding carboxylic acids is 2. The van der Waals surface area contributed by atoms with Gasteiger partial charge < -0.3 is 10.2 Å². The minimum atomic E-state index is -0.0668. The molecule has 1 aromatic carbocycles. The predicted molar refractivity (Wildman–Crippen MR) is 125 cm³/mol. The lowest BCUT2D eigenvalue weighted by Gasteiger charge is -2.32. The van der Waals surface area contributed by atoms with Gasteiger partial charge in [-0.25, -0.2) is 0 Å². The van der Waals surface area contributed by atoms with Crippen molar-refractivity contribution in [1.82, 2.24) is 15.2 Å². The molecule has 2 aromatic rings. The first-order chi connectivity index (χ1) is 15.2. The zero-order valence-corrected chi connectivity index (χ0v) is 18.4. The number of aromatic nitrogens is 1. The average Bonchev–Trinajstić information content (AvgIpc) is 2.83. The van der Waals surface area contributed by atoms with Gasteiger partial charge in [0, 0.05) is 43.7 Å². The zero-order chi connectivity index (χ0) is 21.9. The maximum atomic E-state index is 12.8. The van der Waals surface area contributed by atoms with Crippen LogP contribution in [0.3, 0.4) is 0 Å². The Bertz CT molecular complexity index is 871. The fraction of sp³-hybridized carbons (Fsp3) is 0.423. The first-order valence-corrected chi connectivity index (χ1v) is 11.4. The highest BCUT2D eigenvalue weighted by atomic mass is 16.2. The molecule has 5 heteroatoms. The van der Waals surface area contributed by atoms with Gasteiger partial charge in [0.05, 0.1) is 0 Å². The molecule has 31 heavy (non-hydrogen) atoms. The average molecular weight is 420 g/mol. The number of unbranched alkanes of at least 4 members (excludes halogenated alkanes) is 1. The van der Waals surface area contributed by atoms with Crippen LogP contribution in [0.2, 0.25) is 0 Å². The molecule has 1 N–H and O–H groups in total. The molecule has 3 rings (SSSR count). The van der Waals surface area contributed by atoms with Crippen molar-refractivity contribution in [2.75, 3.05) is 19.6 Å². The maximum absolute atomic E-state index is 12.8. The smallest absolute Gasteiger partial charge is 0.253 e. The number of likely N-dealkylation sites (tertiary alicyclic amines) is 1. The first kappa shape index (κ1) is 22.7. The Morgan fingerprint density at radius 3 is 2.74 bits per heavy atom. The van der Waals surface area contributed by atoms with Crippen molar-refractivity contribution in [1.29, 1.82) is 0 Å². The van der Waals surface area contributed by atoms with Crippen molar-refractivity contribution in [3.05, 3.63) is 71.6 Å². The Morgan fingerprint density at radius 2 is 2.00 bits per heavy atom. The van der Waals surface area contributed by atoms with Gasteiger partial charge >= 0.3 is 0 Å². The third kappa shape index (κ3) is 7.35. The molecule has 164 valence electrons. The molecule has 0 aliphatic carbocycles. The summed E-state index contributed by atoms with van der Waals surface area (Å²) in [5.41, 5.74) is 2.94. The Hall–Kier alpha value is -2.95. The van der Waals surface area contributed by atoms with Gasteiger partial charge in [0.15, 0.2) is 0 Å². The third-order valence-electron chi connectivity index (χ3n) is 5.93. The van der Waals surface area contributed by atoms with E-state index in [4.69, 9.17) is 0 Å². The highest BCUT2D eigenvalue weighted by molar-refractivity contribution is 5.94. The second kappa shape index (κ2) is 12.0. The van der Waals surface area contributed by atoms with Crippen LogP contribution >= 0.6 is 0 Å². The van der Waals surface area contributed by atoms with Crippen molar-refractivity contribution >= 4 is 17.9 Å². The van der Waals surface area contributed by atoms with E-state index in [-0.39, 0.29) is 11.8 Å². The van der Waals surface area contributed by atoms with Crippen LogP contribution in [0.4, 0.5) is 0 Å². The number of carbonyl (C=O) groups is 2. The fourth-order valence-corrected chi connectivity index (χ4v) is 4.01. The lowest BCUT2D eigenvalue weighted by atomic mass is 9.91. The molecule has 0 saturated carbocycles. The van der Waals surface area contributed by atoms with Crippen LogP contribution < -0.4 is 5.32 Å². The molecule has 0 radical (unpaired) electrons. The first-order valence-electron chi connectivity index (χ1n) is 11.4. The van der Waals surface area contributed by atoms with E-state index in [0.717, 1.165) is 62.7 Å². The van der Waals surface area contributed by atoms with Crippen LogP contribution in [0.1, 0.15) is 60.5 Å². The van der Waals surface area contributed by atoms with Gasteiger partial charge in [0.25, 0.3) is 5.91 Å². The molecule has 1 saturated heterocycles. The van der Waals surface area contributed by atoms with Gasteiger partial charge in [-0.15, -0.1) is 0 Å². The molecule has 1 aromatic heterocycles. The van der Waals surface area contributed by atoms with Crippen molar-refractivity contribution in [2.24, 2.45) is 5.92 Å². The highest BCUT2D eigenvalue weighted by Gasteiger charge is 2.23. The number of piperidine rings is 1. The Balaban J connectivity index is 1.29. The van der Waals surface area contributed by atoms with Gasteiger partial charge in [-0.05, 0) is 67.0 Å². The lowest BCUT2D eigenvalue weighted by molar-refractivity contribution is -0.116. The summed E-state index contributed by atoms with van der Waals surface area (Å²) >= 11 is 0. The minimum Gasteiger partial charge on any atom is -0.353 e. The predicted octanol–water partition coefficient (Wildman–Crippen LogP) is 4.50. The summed E-state index contributed by atoms with van der Waals surface area (Å²) in [7, 11) is 0. The molecular formula is C26H33N3O2. The molecule has 0 bridgehead atoms. The molecule has 0 atom stereocenters. The lowest BCUT2D eigenvalue weighted by Crippen LogP contribution is -2.38. The number of amides is 2. The van der Waals surface area contributed by atoms with E-state index < -0.39 is 0 Å². The second-order valence-corrected chi connectivity index (χ2v) is 8.20. The summed E-state index contributed by atoms with van der Waals surface area (Å²) in [6.07, 6.45) is 13.1. The van der Waals surface area contributed by atoms with Gasteiger partial charge in [-0.2, -0.15) is 0 Å². The summed E-state index contributed by atoms with van der Waals surface area (Å²) in [5, 5.41) is 2.94. The summed E-state index contributed by atoms with van der Waals surface area (Å²) in [6, 6.07) is 11.8. The third-order valence-corrected chi connectivity index (χ3v) is 5.93. The second-order valence-electron chi connectivity index (χ2n) is 8.20. The van der Waals surface area contributed by atoms with Crippen LogP contribution in [0.5, 0.6) is 0 Å². The molecule has 1 aliphatic rings. The largest absolute Gasteiger partial charge is 0.353 e. The number of hydrogen-bond donors (Lipinski definition) is 1. The van der Waals surface area contributed by atoms with Gasteiger partial charge in [-0.1, -0.05) is 38.0 Å². The van der Waals surface area contributed by atoms with Crippen LogP contribution in [0.15, 0.2) is 54.9 Å². The quantitative estimate of drug-likeness (QED) is 0.481. The standard InChI is InChI=1S/C26H33N3O2/c1-2-21-8-5-10-24(19-21)26(31)29-17-13-22(14-18-29)7-3-4-16-28-25(30)12-11-23-9-6-15-27-20-23/h5-6,8-12,15,19-20,22H,2-4,7,13-14,16-18H2,1H3,(H,28,30)/b12-11+. The van der Waals surface area contributed by atoms with Gasteiger partial charge in [0.2, 0.25) is 5.91 Å². The summed E-state index contributed by atoms with van der Waals surface area (Å²) in [5.74, 6) is 0.769. The maximum Gasteiger partial charge on any atom is 0.253 e. The fourth-order valence-electron chi connectivity index (χ4n) is 4.01. The van der Waals surface area contributed by atoms with Crippen LogP contribution in [0.25, 0.3) is 6.08 Å². The summed E-state index contributed by atoms with van der Waals surface area (Å²) < 4.78 is 0. The van der Waals surface area contributed by atoms with E-state index in [1.165, 1.54) is 5.56 Å². The molecule has 2 heterocycles. The van der Waals surface area contributed by atoms with Gasteiger partial charge in [-0.3, -0.25) is 14.6 Å². The Kier molecular flexibility index (Phi) is 8.83. The topological polar surface area (TPSA) is 62.3 Å². The SMILES string of the molecule is CCc1cccc(C(=O)N2CCC(CCCCNC(=O)/C=C/c3cccnc3)CC2)c1. The molecule has 0 spiro atoms. The Labute approximate surface area is 185 Å². The minimum absolute atomic E-state index is 0.0668. The molecule has 5 nitrogen and oxygen atoms in total. The monoisotopic (exact) mass is 419 g/mol. The molecule has 1 aliphatic heterocycles. The molecule has 2 amide bonds. The number of nitrogens with one attached hydrogen (secondary N) is 1. The molecule has 1 fully saturated rings. The zero-order valence-electron chi connectivity index (χ0n) is 18.4. The van der Waals surface area contributed by atoms with E-state index in [9.17, 15) is 9.59 Å². The van der Waals surface area contributed by atoms with Crippen molar-refractivity contribution in [3.63, 3.8) is 0 Å². The van der Waals surface area contributed by atoms with E-state index in [1.807, 2.05) is 35.2 Å². The van der Waals surface area contributed by atoms with Crippen molar-refractivity contribution < 1.29 is 9.59 Å². The van der Waals surface area contributed by atoms with E-state index in [2.05, 4.69) is 23.3 Å². The normalized spacial score (nSPS) is 14.7. The number of benzene rings is 1. The van der Waals surface area contributed by atoms with Crippen molar-refractivity contribution in [3.8, 4) is 0 Å². The van der Waals surface area contributed by atoms with E-state index in [1.54, 1.807) is 24.5 Å². The van der Waals surface area contributed by atoms with Crippen LogP contribution in [-0.2, 0) is 11.2 Å². The number of nitrogens with zero attached hydrogens (tertiary/aromatic N) is 2. The highest BCUT2D eigenvalue weighted by Crippen LogP contribution is 2.24. The number of aryl methyl sites for hydroxylation is 1. The van der Waals surface area contributed by atoms with Crippen LogP contribution in [0, 0.1) is 5.92 Å². The summed E-state index contributed by atoms with van der Waals surface area (Å²) in [6.45, 7) is 4.49. The van der Waals surface area contributed by atoms with Crippen molar-refractivity contribution in [2.45, 2.75) is 45.4 Å². The Morgan fingerprint density at radius 1 is 1.16 bits per heavy atom. The van der Waals surface area contributed by atoms with E-state index >= 15 is 0 Å².